The van der Waals surface area contributed by atoms with Crippen molar-refractivity contribution in [2.45, 2.75) is 0 Å². The molecule has 0 aliphatic carbocycles. The SMILES string of the molecule is c1ccc(-c2nc(-c3ccc4sc5ccccc5c4c3)nc(-c3ccc4ccc5oc6ccc7nc(-c8cccc9ccccc89)oc7c6c5c4c3)n2)cc1. The molecule has 0 aliphatic rings. The van der Waals surface area contributed by atoms with E-state index >= 15 is 0 Å². The van der Waals surface area contributed by atoms with E-state index in [1.165, 1.54) is 20.2 Å². The molecular weight excluding hydrogens is 697 g/mol. The average Bonchev–Trinajstić information content (AvgIpc) is 3.96. The lowest BCUT2D eigenvalue weighted by Crippen LogP contribution is -2.00. The summed E-state index contributed by atoms with van der Waals surface area (Å²) < 4.78 is 15.7. The molecule has 0 amide bonds. The Hall–Kier alpha value is -7.22. The predicted molar refractivity (Wildman–Crippen MR) is 224 cm³/mol. The van der Waals surface area contributed by atoms with Gasteiger partial charge in [0, 0.05) is 47.8 Å². The third-order valence-electron chi connectivity index (χ3n) is 10.6. The largest absolute Gasteiger partial charge is 0.456 e. The fourth-order valence-electron chi connectivity index (χ4n) is 7.94. The maximum absolute atomic E-state index is 6.68. The van der Waals surface area contributed by atoms with Crippen molar-refractivity contribution in [1.82, 2.24) is 19.9 Å². The molecule has 0 N–H and O–H groups in total. The van der Waals surface area contributed by atoms with Crippen LogP contribution in [0.1, 0.15) is 0 Å². The van der Waals surface area contributed by atoms with E-state index in [2.05, 4.69) is 91.0 Å². The molecule has 8 aromatic carbocycles. The molecule has 4 aromatic heterocycles. The van der Waals surface area contributed by atoms with Crippen molar-refractivity contribution >= 4 is 86.1 Å². The number of nitrogens with zero attached hydrogens (tertiary/aromatic N) is 4. The van der Waals surface area contributed by atoms with E-state index in [9.17, 15) is 0 Å². The smallest absolute Gasteiger partial charge is 0.227 e. The van der Waals surface area contributed by atoms with Crippen LogP contribution in [0.4, 0.5) is 0 Å². The van der Waals surface area contributed by atoms with Gasteiger partial charge in [-0.15, -0.1) is 11.3 Å². The fourth-order valence-corrected chi connectivity index (χ4v) is 9.02. The first kappa shape index (κ1) is 30.3. The molecular formula is C48H26N4O2S. The van der Waals surface area contributed by atoms with Gasteiger partial charge in [0.1, 0.15) is 16.7 Å². The van der Waals surface area contributed by atoms with Crippen LogP contribution in [0.2, 0.25) is 0 Å². The Morgan fingerprint density at radius 3 is 1.91 bits per heavy atom. The summed E-state index contributed by atoms with van der Waals surface area (Å²) >= 11 is 1.80. The second-order valence-corrected chi connectivity index (χ2v) is 14.9. The molecule has 0 fully saturated rings. The molecule has 12 rings (SSSR count). The highest BCUT2D eigenvalue weighted by atomic mass is 32.1. The number of furan rings is 1. The zero-order chi connectivity index (χ0) is 36.0. The Balaban J connectivity index is 1.07. The number of hydrogen-bond acceptors (Lipinski definition) is 7. The summed E-state index contributed by atoms with van der Waals surface area (Å²) in [6, 6.07) is 54.1. The maximum Gasteiger partial charge on any atom is 0.227 e. The normalized spacial score (nSPS) is 12.0. The van der Waals surface area contributed by atoms with Crippen LogP contribution in [0.3, 0.4) is 0 Å². The quantitative estimate of drug-likeness (QED) is 0.180. The van der Waals surface area contributed by atoms with Crippen LogP contribution < -0.4 is 0 Å². The molecule has 0 saturated heterocycles. The second kappa shape index (κ2) is 11.6. The highest BCUT2D eigenvalue weighted by Crippen LogP contribution is 2.42. The molecule has 0 spiro atoms. The van der Waals surface area contributed by atoms with E-state index in [4.69, 9.17) is 28.8 Å². The highest BCUT2D eigenvalue weighted by molar-refractivity contribution is 7.25. The van der Waals surface area contributed by atoms with Gasteiger partial charge in [0.15, 0.2) is 23.1 Å². The zero-order valence-electron chi connectivity index (χ0n) is 29.0. The minimum absolute atomic E-state index is 0.578. The molecule has 0 unspecified atom stereocenters. The number of hydrogen-bond donors (Lipinski definition) is 0. The first-order chi connectivity index (χ1) is 27.2. The molecule has 7 heteroatoms. The summed E-state index contributed by atoms with van der Waals surface area (Å²) in [7, 11) is 0. The van der Waals surface area contributed by atoms with Crippen LogP contribution in [0.15, 0.2) is 167 Å². The first-order valence-electron chi connectivity index (χ1n) is 18.1. The van der Waals surface area contributed by atoms with Crippen LogP contribution in [0.25, 0.3) is 120 Å². The monoisotopic (exact) mass is 722 g/mol. The number of aromatic nitrogens is 4. The Bertz CT molecular complexity index is 3500. The Morgan fingerprint density at radius 2 is 1.04 bits per heavy atom. The van der Waals surface area contributed by atoms with Crippen LogP contribution in [-0.4, -0.2) is 19.9 Å². The van der Waals surface area contributed by atoms with Gasteiger partial charge in [0.25, 0.3) is 0 Å². The van der Waals surface area contributed by atoms with Gasteiger partial charge < -0.3 is 8.83 Å². The van der Waals surface area contributed by atoms with Crippen molar-refractivity contribution < 1.29 is 8.83 Å². The van der Waals surface area contributed by atoms with Crippen LogP contribution in [0.5, 0.6) is 0 Å². The fraction of sp³-hybridized carbons (Fsp3) is 0. The molecule has 4 heterocycles. The summed E-state index contributed by atoms with van der Waals surface area (Å²) in [5.41, 5.74) is 6.67. The highest BCUT2D eigenvalue weighted by Gasteiger charge is 2.21. The molecule has 6 nitrogen and oxygen atoms in total. The van der Waals surface area contributed by atoms with Crippen molar-refractivity contribution in [2.75, 3.05) is 0 Å². The Labute approximate surface area is 317 Å². The van der Waals surface area contributed by atoms with Gasteiger partial charge in [0.05, 0.1) is 5.39 Å². The molecule has 256 valence electrons. The second-order valence-electron chi connectivity index (χ2n) is 13.8. The van der Waals surface area contributed by atoms with Crippen LogP contribution >= 0.6 is 11.3 Å². The average molecular weight is 723 g/mol. The summed E-state index contributed by atoms with van der Waals surface area (Å²) in [6.07, 6.45) is 0. The molecule has 12 aromatic rings. The third kappa shape index (κ3) is 4.73. The van der Waals surface area contributed by atoms with Crippen LogP contribution in [0, 0.1) is 0 Å². The topological polar surface area (TPSA) is 77.8 Å². The van der Waals surface area contributed by atoms with E-state index in [0.717, 1.165) is 71.3 Å². The van der Waals surface area contributed by atoms with Gasteiger partial charge in [-0.25, -0.2) is 19.9 Å². The van der Waals surface area contributed by atoms with E-state index < -0.39 is 0 Å². The van der Waals surface area contributed by atoms with Gasteiger partial charge in [-0.2, -0.15) is 0 Å². The Morgan fingerprint density at radius 1 is 0.400 bits per heavy atom. The van der Waals surface area contributed by atoms with E-state index in [-0.39, 0.29) is 0 Å². The third-order valence-corrected chi connectivity index (χ3v) is 11.7. The summed E-state index contributed by atoms with van der Waals surface area (Å²) in [6.45, 7) is 0. The minimum atomic E-state index is 0.578. The lowest BCUT2D eigenvalue weighted by atomic mass is 10.0. The maximum atomic E-state index is 6.68. The van der Waals surface area contributed by atoms with Crippen molar-refractivity contribution in [1.29, 1.82) is 0 Å². The molecule has 0 bridgehead atoms. The summed E-state index contributed by atoms with van der Waals surface area (Å²) in [5, 5.41) is 8.60. The molecule has 0 aliphatic heterocycles. The molecule has 0 atom stereocenters. The number of fused-ring (bicyclic) bond motifs is 11. The van der Waals surface area contributed by atoms with E-state index in [1.54, 1.807) is 11.3 Å². The van der Waals surface area contributed by atoms with Gasteiger partial charge in [-0.3, -0.25) is 0 Å². The number of benzene rings is 8. The Kier molecular flexibility index (Phi) is 6.40. The van der Waals surface area contributed by atoms with Crippen LogP contribution in [-0.2, 0) is 0 Å². The van der Waals surface area contributed by atoms with Gasteiger partial charge in [-0.05, 0) is 76.1 Å². The van der Waals surface area contributed by atoms with Crippen molar-refractivity contribution in [2.24, 2.45) is 0 Å². The summed E-state index contributed by atoms with van der Waals surface area (Å²) in [5.74, 6) is 2.41. The van der Waals surface area contributed by atoms with E-state index in [1.807, 2.05) is 66.7 Å². The minimum Gasteiger partial charge on any atom is -0.456 e. The van der Waals surface area contributed by atoms with Gasteiger partial charge in [0.2, 0.25) is 5.89 Å². The van der Waals surface area contributed by atoms with Gasteiger partial charge in [-0.1, -0.05) is 103 Å². The molecule has 0 radical (unpaired) electrons. The van der Waals surface area contributed by atoms with Crippen molar-refractivity contribution in [3.63, 3.8) is 0 Å². The lowest BCUT2D eigenvalue weighted by Gasteiger charge is -2.10. The standard InChI is InChI=1S/C48H26N4O2S/c1-2-10-29(11-3-1)45-50-46(52-47(51-45)31-20-24-41-36(26-31)33-14-6-7-16-40(33)55-41)30-18-17-28-19-22-38-42(35(28)25-30)43-39(53-38)23-21-37-44(43)54-48(49-37)34-15-8-12-27-9-4-5-13-32(27)34/h1-26H. The van der Waals surface area contributed by atoms with Gasteiger partial charge >= 0.3 is 0 Å². The number of oxazole rings is 1. The number of thiophene rings is 1. The molecule has 55 heavy (non-hydrogen) atoms. The van der Waals surface area contributed by atoms with Crippen molar-refractivity contribution in [3.8, 4) is 45.6 Å². The zero-order valence-corrected chi connectivity index (χ0v) is 29.8. The summed E-state index contributed by atoms with van der Waals surface area (Å²) in [4.78, 5) is 20.3. The number of rotatable bonds is 4. The van der Waals surface area contributed by atoms with E-state index in [0.29, 0.717) is 28.9 Å². The predicted octanol–water partition coefficient (Wildman–Crippen LogP) is 13.3. The lowest BCUT2D eigenvalue weighted by molar-refractivity contribution is 0.623. The molecule has 0 saturated carbocycles. The first-order valence-corrected chi connectivity index (χ1v) is 18.9. The van der Waals surface area contributed by atoms with Crippen molar-refractivity contribution in [3.05, 3.63) is 158 Å².